The van der Waals surface area contributed by atoms with E-state index in [0.717, 1.165) is 0 Å². The monoisotopic (exact) mass is 236 g/mol. The number of rotatable bonds is 2. The predicted octanol–water partition coefficient (Wildman–Crippen LogP) is 1.06. The number of nitrogens with two attached hydrogens (primary N) is 1. The lowest BCUT2D eigenvalue weighted by Gasteiger charge is -1.84. The molecule has 4 nitrogen and oxygen atoms in total. The van der Waals surface area contributed by atoms with E-state index >= 15 is 0 Å². The fraction of sp³-hybridized carbons (Fsp3) is 0.200. The Labute approximate surface area is 75.2 Å². The number of carboxylic acids is 1. The van der Waals surface area contributed by atoms with Crippen LogP contribution in [0.4, 0.5) is 0 Å². The van der Waals surface area contributed by atoms with Gasteiger partial charge in [0.1, 0.15) is 8.79 Å². The van der Waals surface area contributed by atoms with Gasteiger partial charge in [-0.2, -0.15) is 0 Å². The highest BCUT2D eigenvalue weighted by atomic mass is 79.9. The van der Waals surface area contributed by atoms with Crippen molar-refractivity contribution in [1.29, 1.82) is 0 Å². The fourth-order valence-electron chi connectivity index (χ4n) is 0.562. The first-order valence-corrected chi connectivity index (χ1v) is 4.34. The Balaban J connectivity index is 3.07. The average Bonchev–Trinajstić information content (AvgIpc) is 2.30. The van der Waals surface area contributed by atoms with E-state index in [1.807, 2.05) is 0 Å². The smallest absolute Gasteiger partial charge is 0.356 e. The number of aromatic carboxylic acids is 1. The van der Waals surface area contributed by atoms with Crippen LogP contribution in [0.15, 0.2) is 3.79 Å². The molecule has 0 saturated heterocycles. The van der Waals surface area contributed by atoms with Crippen molar-refractivity contribution >= 4 is 33.2 Å². The molecule has 0 aliphatic heterocycles. The van der Waals surface area contributed by atoms with Gasteiger partial charge >= 0.3 is 5.97 Å². The van der Waals surface area contributed by atoms with Crippen molar-refractivity contribution in [2.45, 2.75) is 6.54 Å². The fourth-order valence-corrected chi connectivity index (χ4v) is 2.04. The van der Waals surface area contributed by atoms with Crippen LogP contribution in [0.3, 0.4) is 0 Å². The molecule has 0 spiro atoms. The van der Waals surface area contributed by atoms with Gasteiger partial charge in [0.2, 0.25) is 0 Å². The summed E-state index contributed by atoms with van der Waals surface area (Å²) in [5.74, 6) is -1.03. The van der Waals surface area contributed by atoms with Gasteiger partial charge in [-0.3, -0.25) is 0 Å². The molecule has 0 bridgehead atoms. The molecule has 3 N–H and O–H groups in total. The van der Waals surface area contributed by atoms with Crippen LogP contribution in [-0.4, -0.2) is 16.1 Å². The molecule has 0 fully saturated rings. The lowest BCUT2D eigenvalue weighted by atomic mass is 10.5. The molecule has 0 saturated carbocycles. The molecule has 1 rings (SSSR count). The quantitative estimate of drug-likeness (QED) is 0.806. The molecule has 1 aromatic heterocycles. The standard InChI is InChI=1S/C5H5BrN2O2S/c6-4-3(5(9)10)8-2(1-7)11-4/h1,7H2,(H,9,10). The van der Waals surface area contributed by atoms with Gasteiger partial charge in [0.25, 0.3) is 0 Å². The summed E-state index contributed by atoms with van der Waals surface area (Å²) in [5.41, 5.74) is 5.30. The topological polar surface area (TPSA) is 76.2 Å². The van der Waals surface area contributed by atoms with Crippen molar-refractivity contribution in [3.05, 3.63) is 14.5 Å². The summed E-state index contributed by atoms with van der Waals surface area (Å²) in [6.07, 6.45) is 0. The Bertz CT molecular complexity index is 286. The van der Waals surface area contributed by atoms with Gasteiger partial charge in [0, 0.05) is 6.54 Å². The summed E-state index contributed by atoms with van der Waals surface area (Å²) in [7, 11) is 0. The summed E-state index contributed by atoms with van der Waals surface area (Å²) >= 11 is 4.32. The third-order valence-corrected chi connectivity index (χ3v) is 2.73. The molecular formula is C5H5BrN2O2S. The molecule has 11 heavy (non-hydrogen) atoms. The van der Waals surface area contributed by atoms with Crippen molar-refractivity contribution in [3.63, 3.8) is 0 Å². The van der Waals surface area contributed by atoms with Gasteiger partial charge in [-0.25, -0.2) is 9.78 Å². The number of aromatic nitrogens is 1. The van der Waals surface area contributed by atoms with Crippen molar-refractivity contribution in [1.82, 2.24) is 4.98 Å². The number of thiazole rings is 1. The highest BCUT2D eigenvalue weighted by Crippen LogP contribution is 2.24. The van der Waals surface area contributed by atoms with E-state index in [9.17, 15) is 4.79 Å². The maximum atomic E-state index is 10.4. The SMILES string of the molecule is NCc1nc(C(=O)O)c(Br)s1. The first kappa shape index (κ1) is 8.63. The van der Waals surface area contributed by atoms with Crippen molar-refractivity contribution in [2.75, 3.05) is 0 Å². The highest BCUT2D eigenvalue weighted by molar-refractivity contribution is 9.11. The van der Waals surface area contributed by atoms with Crippen molar-refractivity contribution < 1.29 is 9.90 Å². The van der Waals surface area contributed by atoms with Crippen molar-refractivity contribution in [3.8, 4) is 0 Å². The van der Waals surface area contributed by atoms with E-state index < -0.39 is 5.97 Å². The van der Waals surface area contributed by atoms with Gasteiger partial charge in [0.05, 0.1) is 0 Å². The summed E-state index contributed by atoms with van der Waals surface area (Å²) in [4.78, 5) is 14.2. The minimum Gasteiger partial charge on any atom is -0.476 e. The molecule has 0 aliphatic rings. The highest BCUT2D eigenvalue weighted by Gasteiger charge is 2.13. The minimum absolute atomic E-state index is 0.0375. The zero-order valence-electron chi connectivity index (χ0n) is 5.37. The van der Waals surface area contributed by atoms with Crippen molar-refractivity contribution in [2.24, 2.45) is 5.73 Å². The molecule has 0 amide bonds. The number of halogens is 1. The normalized spacial score (nSPS) is 10.0. The van der Waals surface area contributed by atoms with E-state index in [1.165, 1.54) is 11.3 Å². The summed E-state index contributed by atoms with van der Waals surface area (Å²) in [6, 6.07) is 0. The Morgan fingerprint density at radius 1 is 1.82 bits per heavy atom. The number of nitrogens with zero attached hydrogens (tertiary/aromatic N) is 1. The third kappa shape index (κ3) is 1.76. The van der Waals surface area contributed by atoms with Crippen LogP contribution < -0.4 is 5.73 Å². The summed E-state index contributed by atoms with van der Waals surface area (Å²) in [6.45, 7) is 0.274. The molecule has 0 atom stereocenters. The number of hydrogen-bond donors (Lipinski definition) is 2. The third-order valence-electron chi connectivity index (χ3n) is 1.01. The average molecular weight is 237 g/mol. The number of hydrogen-bond acceptors (Lipinski definition) is 4. The van der Waals surface area contributed by atoms with E-state index in [0.29, 0.717) is 8.79 Å². The molecule has 0 radical (unpaired) electrons. The first-order valence-electron chi connectivity index (χ1n) is 2.73. The Hall–Kier alpha value is -0.460. The molecule has 0 unspecified atom stereocenters. The maximum absolute atomic E-state index is 10.4. The van der Waals surface area contributed by atoms with Crippen LogP contribution >= 0.6 is 27.3 Å². The van der Waals surface area contributed by atoms with E-state index in [1.54, 1.807) is 0 Å². The second kappa shape index (κ2) is 3.29. The zero-order chi connectivity index (χ0) is 8.43. The second-order valence-corrected chi connectivity index (χ2v) is 4.14. The minimum atomic E-state index is -1.03. The van der Waals surface area contributed by atoms with Crippen LogP contribution in [0.5, 0.6) is 0 Å². The molecule has 60 valence electrons. The summed E-state index contributed by atoms with van der Waals surface area (Å²) < 4.78 is 0.519. The number of carboxylic acid groups (broad SMARTS) is 1. The van der Waals surface area contributed by atoms with E-state index in [2.05, 4.69) is 20.9 Å². The number of carbonyl (C=O) groups is 1. The van der Waals surface area contributed by atoms with E-state index in [4.69, 9.17) is 10.8 Å². The van der Waals surface area contributed by atoms with Crippen LogP contribution in [0.2, 0.25) is 0 Å². The molecule has 0 aliphatic carbocycles. The van der Waals surface area contributed by atoms with Gasteiger partial charge in [-0.15, -0.1) is 11.3 Å². The van der Waals surface area contributed by atoms with Crippen LogP contribution in [0.1, 0.15) is 15.5 Å². The molecule has 1 heterocycles. The molecule has 0 aromatic carbocycles. The summed E-state index contributed by atoms with van der Waals surface area (Å²) in [5, 5.41) is 9.17. The van der Waals surface area contributed by atoms with Crippen LogP contribution in [-0.2, 0) is 6.54 Å². The largest absolute Gasteiger partial charge is 0.476 e. The van der Waals surface area contributed by atoms with Gasteiger partial charge in [0.15, 0.2) is 5.69 Å². The van der Waals surface area contributed by atoms with Gasteiger partial charge in [-0.05, 0) is 15.9 Å². The Morgan fingerprint density at radius 2 is 2.45 bits per heavy atom. The van der Waals surface area contributed by atoms with Gasteiger partial charge < -0.3 is 10.8 Å². The molecule has 1 aromatic rings. The second-order valence-electron chi connectivity index (χ2n) is 1.74. The lowest BCUT2D eigenvalue weighted by molar-refractivity contribution is 0.0690. The lowest BCUT2D eigenvalue weighted by Crippen LogP contribution is -2.00. The Morgan fingerprint density at radius 3 is 2.73 bits per heavy atom. The zero-order valence-corrected chi connectivity index (χ0v) is 7.78. The van der Waals surface area contributed by atoms with E-state index in [-0.39, 0.29) is 12.2 Å². The molecular weight excluding hydrogens is 232 g/mol. The Kier molecular flexibility index (Phi) is 2.58. The predicted molar refractivity (Wildman–Crippen MR) is 44.7 cm³/mol. The first-order chi connectivity index (χ1) is 5.15. The van der Waals surface area contributed by atoms with Crippen LogP contribution in [0.25, 0.3) is 0 Å². The molecule has 6 heteroatoms. The maximum Gasteiger partial charge on any atom is 0.356 e. The van der Waals surface area contributed by atoms with Gasteiger partial charge in [-0.1, -0.05) is 0 Å². The van der Waals surface area contributed by atoms with Crippen LogP contribution in [0, 0.1) is 0 Å².